The number of carbonyl (C=O) groups is 1. The first-order valence-electron chi connectivity index (χ1n) is 10.9. The van der Waals surface area contributed by atoms with Crippen molar-refractivity contribution in [2.24, 2.45) is 39.6 Å². The molecule has 0 aromatic rings. The van der Waals surface area contributed by atoms with Gasteiger partial charge in [-0.25, -0.2) is 0 Å². The van der Waals surface area contributed by atoms with Gasteiger partial charge in [0.05, 0.1) is 18.1 Å². The summed E-state index contributed by atoms with van der Waals surface area (Å²) in [5.41, 5.74) is 8.08. The molecule has 1 saturated heterocycles. The van der Waals surface area contributed by atoms with Gasteiger partial charge in [-0.3, -0.25) is 4.79 Å². The molecular formula is C23H31N3O4. The zero-order valence-electron chi connectivity index (χ0n) is 18.5. The lowest BCUT2D eigenvalue weighted by atomic mass is 9.58. The normalized spacial score (nSPS) is 49.9. The molecule has 30 heavy (non-hydrogen) atoms. The van der Waals surface area contributed by atoms with E-state index in [4.69, 9.17) is 9.47 Å². The van der Waals surface area contributed by atoms with Crippen LogP contribution in [0.3, 0.4) is 0 Å². The molecule has 1 aliphatic heterocycles. The summed E-state index contributed by atoms with van der Waals surface area (Å²) in [4.78, 5) is 17.3. The molecule has 0 radical (unpaired) electrons. The van der Waals surface area contributed by atoms with Crippen molar-refractivity contribution in [1.29, 1.82) is 0 Å². The van der Waals surface area contributed by atoms with E-state index in [1.165, 1.54) is 0 Å². The second-order valence-corrected chi connectivity index (χ2v) is 11.1. The molecule has 7 nitrogen and oxygen atoms in total. The van der Waals surface area contributed by atoms with E-state index < -0.39 is 28.9 Å². The molecule has 7 heteroatoms. The van der Waals surface area contributed by atoms with Crippen molar-refractivity contribution in [2.45, 2.75) is 71.5 Å². The van der Waals surface area contributed by atoms with Crippen molar-refractivity contribution in [3.05, 3.63) is 33.7 Å². The Kier molecular flexibility index (Phi) is 3.90. The Balaban J connectivity index is 1.79. The van der Waals surface area contributed by atoms with Crippen LogP contribution in [0.25, 0.3) is 10.4 Å². The molecule has 2 saturated carbocycles. The first-order chi connectivity index (χ1) is 13.9. The van der Waals surface area contributed by atoms with E-state index in [2.05, 4.69) is 30.8 Å². The van der Waals surface area contributed by atoms with E-state index in [0.717, 1.165) is 17.6 Å². The first-order valence-corrected chi connectivity index (χ1v) is 10.9. The highest BCUT2D eigenvalue weighted by Crippen LogP contribution is 2.72. The highest BCUT2D eigenvalue weighted by Gasteiger charge is 2.76. The van der Waals surface area contributed by atoms with Gasteiger partial charge in [-0.05, 0) is 61.5 Å². The van der Waals surface area contributed by atoms with Gasteiger partial charge in [0.15, 0.2) is 11.6 Å². The Hall–Kier alpha value is -1.66. The molecule has 1 heterocycles. The van der Waals surface area contributed by atoms with Gasteiger partial charge in [-0.15, -0.1) is 0 Å². The van der Waals surface area contributed by atoms with Crippen LogP contribution in [0.2, 0.25) is 0 Å². The lowest BCUT2D eigenvalue weighted by Gasteiger charge is -2.52. The maximum absolute atomic E-state index is 14.3. The molecule has 162 valence electrons. The van der Waals surface area contributed by atoms with E-state index in [0.29, 0.717) is 5.92 Å². The molecule has 1 N–H and O–H groups in total. The molecular weight excluding hydrogens is 382 g/mol. The number of hydrogen-bond acceptors (Lipinski definition) is 5. The molecule has 0 aromatic carbocycles. The second-order valence-electron chi connectivity index (χ2n) is 11.1. The zero-order chi connectivity index (χ0) is 21.9. The first kappa shape index (κ1) is 20.3. The van der Waals surface area contributed by atoms with Crippen LogP contribution in [0.4, 0.5) is 0 Å². The molecule has 0 unspecified atom stereocenters. The predicted octanol–water partition coefficient (Wildman–Crippen LogP) is 3.93. The summed E-state index contributed by atoms with van der Waals surface area (Å²) >= 11 is 0. The van der Waals surface area contributed by atoms with Gasteiger partial charge < -0.3 is 14.6 Å². The minimum absolute atomic E-state index is 0.0360. The summed E-state index contributed by atoms with van der Waals surface area (Å²) in [6.45, 7) is 12.3. The number of fused-ring (bicyclic) bond motifs is 5. The Morgan fingerprint density at radius 1 is 1.30 bits per heavy atom. The average molecular weight is 414 g/mol. The minimum Gasteiger partial charge on any atom is -0.385 e. The quantitative estimate of drug-likeness (QED) is 0.304. The summed E-state index contributed by atoms with van der Waals surface area (Å²) in [6, 6.07) is -0.864. The molecule has 4 aliphatic carbocycles. The fourth-order valence-electron chi connectivity index (χ4n) is 7.37. The van der Waals surface area contributed by atoms with Crippen molar-refractivity contribution in [1.82, 2.24) is 0 Å². The van der Waals surface area contributed by atoms with Crippen molar-refractivity contribution in [3.8, 4) is 0 Å². The maximum Gasteiger partial charge on any atom is 0.164 e. The van der Waals surface area contributed by atoms with Crippen molar-refractivity contribution < 1.29 is 19.4 Å². The van der Waals surface area contributed by atoms with Crippen LogP contribution in [0.5, 0.6) is 0 Å². The van der Waals surface area contributed by atoms with Gasteiger partial charge in [-0.1, -0.05) is 43.6 Å². The van der Waals surface area contributed by atoms with Gasteiger partial charge >= 0.3 is 0 Å². The molecule has 2 bridgehead atoms. The van der Waals surface area contributed by atoms with Gasteiger partial charge in [0, 0.05) is 10.8 Å². The summed E-state index contributed by atoms with van der Waals surface area (Å²) in [6.07, 6.45) is 4.00. The monoisotopic (exact) mass is 413 g/mol. The van der Waals surface area contributed by atoms with Crippen LogP contribution in [-0.2, 0) is 14.3 Å². The third-order valence-corrected chi connectivity index (χ3v) is 8.87. The largest absolute Gasteiger partial charge is 0.385 e. The molecule has 5 rings (SSSR count). The summed E-state index contributed by atoms with van der Waals surface area (Å²) in [5, 5.41) is 16.5. The average Bonchev–Trinajstić information content (AvgIpc) is 3.14. The number of aliphatic hydroxyl groups is 1. The lowest BCUT2D eigenvalue weighted by molar-refractivity contribution is -0.294. The SMILES string of the molecule is CC1=C[C@]23C(=O)[C@@H](C=C4COC(C)(C)O[C@H]4[C@]2(O)[C@H]1N=[N+]=[N-])[C@H]1[C@@H](C[C@H]3C)C1(C)C. The highest BCUT2D eigenvalue weighted by atomic mass is 16.7. The summed E-state index contributed by atoms with van der Waals surface area (Å²) in [5.74, 6) is -0.626. The van der Waals surface area contributed by atoms with Crippen LogP contribution in [0.15, 0.2) is 28.4 Å². The van der Waals surface area contributed by atoms with E-state index >= 15 is 0 Å². The van der Waals surface area contributed by atoms with Crippen molar-refractivity contribution >= 4 is 5.78 Å². The third kappa shape index (κ3) is 2.17. The number of ketones is 1. The van der Waals surface area contributed by atoms with Crippen molar-refractivity contribution in [3.63, 3.8) is 0 Å². The van der Waals surface area contributed by atoms with Gasteiger partial charge in [0.1, 0.15) is 11.7 Å². The van der Waals surface area contributed by atoms with Gasteiger partial charge in [0.2, 0.25) is 0 Å². The Morgan fingerprint density at radius 3 is 2.67 bits per heavy atom. The summed E-state index contributed by atoms with van der Waals surface area (Å²) < 4.78 is 12.2. The van der Waals surface area contributed by atoms with Gasteiger partial charge in [-0.2, -0.15) is 0 Å². The number of hydrogen-bond donors (Lipinski definition) is 1. The molecule has 1 spiro atoms. The number of rotatable bonds is 1. The molecule has 8 atom stereocenters. The molecule has 0 amide bonds. The smallest absolute Gasteiger partial charge is 0.164 e. The fraction of sp³-hybridized carbons (Fsp3) is 0.783. The van der Waals surface area contributed by atoms with E-state index in [1.54, 1.807) is 0 Å². The Bertz CT molecular complexity index is 946. The Morgan fingerprint density at radius 2 is 2.00 bits per heavy atom. The van der Waals surface area contributed by atoms with Crippen LogP contribution >= 0.6 is 0 Å². The van der Waals surface area contributed by atoms with Crippen LogP contribution in [0.1, 0.15) is 48.0 Å². The summed E-state index contributed by atoms with van der Waals surface area (Å²) in [7, 11) is 0. The van der Waals surface area contributed by atoms with E-state index in [-0.39, 0.29) is 35.6 Å². The number of carbonyl (C=O) groups excluding carboxylic acids is 1. The minimum atomic E-state index is -1.68. The number of allylic oxidation sites excluding steroid dienone is 1. The number of azide groups is 1. The van der Waals surface area contributed by atoms with Crippen LogP contribution < -0.4 is 0 Å². The maximum atomic E-state index is 14.3. The lowest BCUT2D eigenvalue weighted by Crippen LogP contribution is -2.67. The zero-order valence-corrected chi connectivity index (χ0v) is 18.5. The molecule has 3 fully saturated rings. The molecule has 0 aromatic heterocycles. The van der Waals surface area contributed by atoms with Crippen LogP contribution in [0, 0.1) is 34.5 Å². The van der Waals surface area contributed by atoms with Gasteiger partial charge in [0.25, 0.3) is 0 Å². The number of Topliss-reactive ketones (excluding diaryl/α,β-unsaturated/α-hetero) is 1. The van der Waals surface area contributed by atoms with Crippen LogP contribution in [-0.4, -0.2) is 41.0 Å². The number of ether oxygens (including phenoxy) is 2. The highest BCUT2D eigenvalue weighted by molar-refractivity contribution is 5.95. The van der Waals surface area contributed by atoms with Crippen molar-refractivity contribution in [2.75, 3.05) is 6.61 Å². The topological polar surface area (TPSA) is 105 Å². The van der Waals surface area contributed by atoms with E-state index in [1.807, 2.05) is 32.9 Å². The Labute approximate surface area is 177 Å². The number of nitrogens with zero attached hydrogens (tertiary/aromatic N) is 3. The van der Waals surface area contributed by atoms with E-state index in [9.17, 15) is 15.4 Å². The standard InChI is InChI=1S/C23H31N3O4/c1-11-9-22-12(2)7-15-16(20(15,3)4)14(18(22)27)8-13-10-29-21(5,6)30-19(13)23(22,28)17(11)25-26-24/h8-9,12,14-17,19,28H,7,10H2,1-6H3/t12-,14+,15-,16+,17+,19-,22+,23-/m1/s1. The predicted molar refractivity (Wildman–Crippen MR) is 110 cm³/mol. The second kappa shape index (κ2) is 5.77. The fourth-order valence-corrected chi connectivity index (χ4v) is 7.37. The molecule has 5 aliphatic rings. The third-order valence-electron chi connectivity index (χ3n) is 8.87.